The van der Waals surface area contributed by atoms with Crippen LogP contribution >= 0.6 is 0 Å². The third-order valence-corrected chi connectivity index (χ3v) is 4.77. The number of amides is 1. The number of pyridine rings is 1. The lowest BCUT2D eigenvalue weighted by Crippen LogP contribution is -2.40. The number of aromatic amines is 1. The quantitative estimate of drug-likeness (QED) is 0.724. The Bertz CT molecular complexity index is 1020. The van der Waals surface area contributed by atoms with Crippen molar-refractivity contribution in [1.29, 1.82) is 5.26 Å². The van der Waals surface area contributed by atoms with Crippen molar-refractivity contribution < 1.29 is 9.18 Å². The van der Waals surface area contributed by atoms with Gasteiger partial charge in [0.2, 0.25) is 5.95 Å². The number of likely N-dealkylation sites (tertiary alicyclic amines) is 1. The van der Waals surface area contributed by atoms with Gasteiger partial charge in [0.15, 0.2) is 0 Å². The fourth-order valence-electron chi connectivity index (χ4n) is 3.38. The minimum absolute atomic E-state index is 0.0982. The number of carbonyl (C=O) groups excluding carboxylic acids is 1. The van der Waals surface area contributed by atoms with Gasteiger partial charge in [-0.3, -0.25) is 4.79 Å². The fourth-order valence-corrected chi connectivity index (χ4v) is 3.38. The minimum atomic E-state index is -0.656. The maximum absolute atomic E-state index is 13.3. The van der Waals surface area contributed by atoms with Gasteiger partial charge in [-0.05, 0) is 25.0 Å². The van der Waals surface area contributed by atoms with Gasteiger partial charge in [-0.15, -0.1) is 0 Å². The molecular weight excluding hydrogens is 347 g/mol. The predicted molar refractivity (Wildman–Crippen MR) is 95.1 cm³/mol. The van der Waals surface area contributed by atoms with Crippen LogP contribution in [0.2, 0.25) is 0 Å². The molecule has 1 atom stereocenters. The van der Waals surface area contributed by atoms with Gasteiger partial charge in [-0.2, -0.15) is 9.65 Å². The highest BCUT2D eigenvalue weighted by Gasteiger charge is 2.26. The van der Waals surface area contributed by atoms with Gasteiger partial charge in [0.1, 0.15) is 11.8 Å². The molecule has 8 heteroatoms. The fraction of sp³-hybridized carbons (Fsp3) is 0.263. The van der Waals surface area contributed by atoms with E-state index in [1.54, 1.807) is 23.5 Å². The summed E-state index contributed by atoms with van der Waals surface area (Å²) in [7, 11) is 0. The van der Waals surface area contributed by atoms with Crippen molar-refractivity contribution in [3.8, 4) is 17.5 Å². The molecule has 3 aromatic rings. The predicted octanol–water partition coefficient (Wildman–Crippen LogP) is 2.76. The Hall–Kier alpha value is -3.47. The van der Waals surface area contributed by atoms with Crippen LogP contribution in [0.15, 0.2) is 43.1 Å². The Labute approximate surface area is 155 Å². The number of nitrogens with zero attached hydrogens (tertiary/aromatic N) is 5. The molecule has 4 heterocycles. The summed E-state index contributed by atoms with van der Waals surface area (Å²) in [6, 6.07) is 6.63. The van der Waals surface area contributed by atoms with E-state index in [9.17, 15) is 9.18 Å². The van der Waals surface area contributed by atoms with Crippen LogP contribution in [0.3, 0.4) is 0 Å². The number of nitriles is 1. The van der Waals surface area contributed by atoms with Crippen molar-refractivity contribution in [2.45, 2.75) is 18.9 Å². The highest BCUT2D eigenvalue weighted by Crippen LogP contribution is 2.25. The summed E-state index contributed by atoms with van der Waals surface area (Å²) in [4.78, 5) is 25.3. The summed E-state index contributed by atoms with van der Waals surface area (Å²) >= 11 is 0. The zero-order chi connectivity index (χ0) is 18.8. The van der Waals surface area contributed by atoms with Gasteiger partial charge < -0.3 is 14.5 Å². The maximum atomic E-state index is 13.3. The zero-order valence-corrected chi connectivity index (χ0v) is 14.5. The van der Waals surface area contributed by atoms with Gasteiger partial charge in [-0.1, -0.05) is 0 Å². The number of H-pyrrole nitrogens is 1. The summed E-state index contributed by atoms with van der Waals surface area (Å²) in [6.45, 7) is 1.18. The number of rotatable bonds is 3. The average Bonchev–Trinajstić information content (AvgIpc) is 3.37. The van der Waals surface area contributed by atoms with Gasteiger partial charge in [0, 0.05) is 43.3 Å². The molecule has 1 aliphatic rings. The minimum Gasteiger partial charge on any atom is -0.359 e. The lowest BCUT2D eigenvalue weighted by molar-refractivity contribution is 0.0678. The van der Waals surface area contributed by atoms with E-state index in [0.29, 0.717) is 24.2 Å². The van der Waals surface area contributed by atoms with Gasteiger partial charge in [0.25, 0.3) is 5.91 Å². The van der Waals surface area contributed by atoms with E-state index in [1.807, 2.05) is 10.8 Å². The van der Waals surface area contributed by atoms with E-state index < -0.39 is 5.95 Å². The van der Waals surface area contributed by atoms with Crippen LogP contribution in [0.4, 0.5) is 4.39 Å². The molecule has 0 radical (unpaired) electrons. The molecule has 1 aliphatic heterocycles. The summed E-state index contributed by atoms with van der Waals surface area (Å²) in [5, 5.41) is 8.94. The molecule has 0 spiro atoms. The molecule has 3 aromatic heterocycles. The molecule has 0 saturated carbocycles. The Balaban J connectivity index is 1.50. The van der Waals surface area contributed by atoms with Gasteiger partial charge >= 0.3 is 0 Å². The first-order valence-electron chi connectivity index (χ1n) is 8.67. The molecule has 0 unspecified atom stereocenters. The van der Waals surface area contributed by atoms with Crippen LogP contribution in [0.25, 0.3) is 11.4 Å². The highest BCUT2D eigenvalue weighted by molar-refractivity contribution is 5.94. The van der Waals surface area contributed by atoms with Crippen LogP contribution in [-0.4, -0.2) is 43.4 Å². The van der Waals surface area contributed by atoms with Crippen molar-refractivity contribution in [1.82, 2.24) is 24.4 Å². The molecule has 7 nitrogen and oxygen atoms in total. The van der Waals surface area contributed by atoms with Crippen molar-refractivity contribution in [2.24, 2.45) is 0 Å². The molecule has 1 saturated heterocycles. The number of aromatic nitrogens is 4. The molecule has 1 fully saturated rings. The first-order chi connectivity index (χ1) is 13.1. The summed E-state index contributed by atoms with van der Waals surface area (Å²) in [6.07, 6.45) is 8.39. The van der Waals surface area contributed by atoms with Gasteiger partial charge in [-0.25, -0.2) is 9.97 Å². The second kappa shape index (κ2) is 7.03. The Morgan fingerprint density at radius 3 is 3.04 bits per heavy atom. The van der Waals surface area contributed by atoms with Gasteiger partial charge in [0.05, 0.1) is 23.6 Å². The Kier molecular flexibility index (Phi) is 4.42. The van der Waals surface area contributed by atoms with Crippen LogP contribution < -0.4 is 0 Å². The van der Waals surface area contributed by atoms with E-state index in [4.69, 9.17) is 5.26 Å². The number of hydrogen-bond donors (Lipinski definition) is 1. The number of nitrogens with one attached hydrogen (secondary N) is 1. The standard InChI is InChI=1S/C19H17FN6O/c20-18-7-14(3-4-22-18)19(27)25-5-1-2-15(10-25)26-11-17(24-12-26)16-6-13(8-21)9-23-16/h3-4,6-7,9,11-12,15,23H,1-2,5,10H2/t15-/m0/s1. The smallest absolute Gasteiger partial charge is 0.254 e. The topological polar surface area (TPSA) is 90.6 Å². The zero-order valence-electron chi connectivity index (χ0n) is 14.5. The van der Waals surface area contributed by atoms with Crippen LogP contribution in [0.1, 0.15) is 34.8 Å². The van der Waals surface area contributed by atoms with Crippen molar-refractivity contribution in [2.75, 3.05) is 13.1 Å². The highest BCUT2D eigenvalue weighted by atomic mass is 19.1. The monoisotopic (exact) mass is 364 g/mol. The summed E-state index contributed by atoms with van der Waals surface area (Å²) in [5.41, 5.74) is 2.39. The molecule has 0 aliphatic carbocycles. The molecule has 136 valence electrons. The second-order valence-electron chi connectivity index (χ2n) is 6.53. The largest absolute Gasteiger partial charge is 0.359 e. The van der Waals surface area contributed by atoms with Crippen LogP contribution in [0, 0.1) is 17.3 Å². The van der Waals surface area contributed by atoms with E-state index in [2.05, 4.69) is 21.0 Å². The number of carbonyl (C=O) groups is 1. The lowest BCUT2D eigenvalue weighted by Gasteiger charge is -2.33. The normalized spacial score (nSPS) is 16.9. The Morgan fingerprint density at radius 1 is 1.37 bits per heavy atom. The van der Waals surface area contributed by atoms with E-state index >= 15 is 0 Å². The molecular formula is C19H17FN6O. The molecule has 4 rings (SSSR count). The van der Waals surface area contributed by atoms with E-state index in [1.165, 1.54) is 18.3 Å². The van der Waals surface area contributed by atoms with E-state index in [0.717, 1.165) is 24.2 Å². The molecule has 27 heavy (non-hydrogen) atoms. The Morgan fingerprint density at radius 2 is 2.26 bits per heavy atom. The molecule has 1 amide bonds. The maximum Gasteiger partial charge on any atom is 0.254 e. The SMILES string of the molecule is N#Cc1c[nH]c(-c2cn([C@H]3CCCN(C(=O)c4ccnc(F)c4)C3)cn2)c1. The van der Waals surface area contributed by atoms with Crippen molar-refractivity contribution >= 4 is 5.91 Å². The molecule has 1 N–H and O–H groups in total. The molecule has 0 aromatic carbocycles. The van der Waals surface area contributed by atoms with Crippen LogP contribution in [0.5, 0.6) is 0 Å². The first-order valence-corrected chi connectivity index (χ1v) is 8.67. The van der Waals surface area contributed by atoms with Crippen molar-refractivity contribution in [3.05, 3.63) is 60.2 Å². The number of hydrogen-bond acceptors (Lipinski definition) is 4. The summed E-state index contributed by atoms with van der Waals surface area (Å²) < 4.78 is 15.3. The third-order valence-electron chi connectivity index (χ3n) is 4.77. The second-order valence-corrected chi connectivity index (χ2v) is 6.53. The van der Waals surface area contributed by atoms with Crippen molar-refractivity contribution in [3.63, 3.8) is 0 Å². The first kappa shape index (κ1) is 17.0. The lowest BCUT2D eigenvalue weighted by atomic mass is 10.0. The third kappa shape index (κ3) is 3.44. The molecule has 0 bridgehead atoms. The van der Waals surface area contributed by atoms with Crippen LogP contribution in [-0.2, 0) is 0 Å². The van der Waals surface area contributed by atoms with E-state index in [-0.39, 0.29) is 11.9 Å². The average molecular weight is 364 g/mol. The number of imidazole rings is 1. The number of piperidine rings is 1. The number of halogens is 1. The summed E-state index contributed by atoms with van der Waals surface area (Å²) in [5.74, 6) is -0.847.